The number of aromatic amines is 1. The van der Waals surface area contributed by atoms with Crippen LogP contribution >= 0.6 is 11.6 Å². The van der Waals surface area contributed by atoms with Crippen molar-refractivity contribution >= 4 is 50.3 Å². The molecule has 3 aromatic carbocycles. The molecule has 0 saturated heterocycles. The Balaban J connectivity index is 1.51. The second-order valence-corrected chi connectivity index (χ2v) is 9.11. The van der Waals surface area contributed by atoms with Crippen molar-refractivity contribution in [3.05, 3.63) is 94.6 Å². The third-order valence-electron chi connectivity index (χ3n) is 4.83. The molecule has 1 amide bonds. The van der Waals surface area contributed by atoms with Crippen LogP contribution in [0.4, 0.5) is 5.69 Å². The van der Waals surface area contributed by atoms with Gasteiger partial charge in [-0.25, -0.2) is 13.8 Å². The summed E-state index contributed by atoms with van der Waals surface area (Å²) >= 11 is 6.04. The van der Waals surface area contributed by atoms with Crippen LogP contribution in [-0.4, -0.2) is 25.5 Å². The zero-order valence-electron chi connectivity index (χ0n) is 17.0. The minimum atomic E-state index is -3.93. The first-order valence-electron chi connectivity index (χ1n) is 9.63. The van der Waals surface area contributed by atoms with E-state index in [2.05, 4.69) is 20.2 Å². The van der Waals surface area contributed by atoms with Gasteiger partial charge in [0.25, 0.3) is 15.9 Å². The van der Waals surface area contributed by atoms with Crippen LogP contribution in [0.1, 0.15) is 21.6 Å². The minimum Gasteiger partial charge on any atom is -0.358 e. The molecule has 3 N–H and O–H groups in total. The highest BCUT2D eigenvalue weighted by atomic mass is 35.5. The van der Waals surface area contributed by atoms with Gasteiger partial charge in [-0.3, -0.25) is 9.52 Å². The minimum absolute atomic E-state index is 0.0680. The Kier molecular flexibility index (Phi) is 5.98. The fraction of sp³-hybridized carbons (Fsp3) is 0.0435. The van der Waals surface area contributed by atoms with E-state index in [1.54, 1.807) is 30.5 Å². The van der Waals surface area contributed by atoms with Crippen LogP contribution in [0, 0.1) is 6.92 Å². The summed E-state index contributed by atoms with van der Waals surface area (Å²) in [6.07, 6.45) is 1.56. The number of benzene rings is 3. The molecule has 0 unspecified atom stereocenters. The van der Waals surface area contributed by atoms with Gasteiger partial charge in [0.2, 0.25) is 0 Å². The molecule has 4 rings (SSSR count). The summed E-state index contributed by atoms with van der Waals surface area (Å²) in [5.41, 5.74) is 5.61. The molecule has 0 fully saturated rings. The molecule has 0 saturated carbocycles. The normalized spacial score (nSPS) is 11.7. The molecule has 0 aliphatic carbocycles. The van der Waals surface area contributed by atoms with Crippen molar-refractivity contribution in [2.75, 3.05) is 4.72 Å². The monoisotopic (exact) mass is 466 g/mol. The molecule has 4 aromatic rings. The van der Waals surface area contributed by atoms with E-state index in [1.807, 2.05) is 31.2 Å². The summed E-state index contributed by atoms with van der Waals surface area (Å²) in [6.45, 7) is 1.92. The lowest BCUT2D eigenvalue weighted by molar-refractivity contribution is 0.0955. The quantitative estimate of drug-likeness (QED) is 0.283. The van der Waals surface area contributed by atoms with Gasteiger partial charge in [0, 0.05) is 27.7 Å². The molecule has 0 spiro atoms. The zero-order valence-corrected chi connectivity index (χ0v) is 18.5. The maximum absolute atomic E-state index is 12.7. The summed E-state index contributed by atoms with van der Waals surface area (Å²) in [5, 5.41) is 5.30. The summed E-state index contributed by atoms with van der Waals surface area (Å²) in [6, 6.07) is 20.0. The molecule has 0 bridgehead atoms. The Morgan fingerprint density at radius 2 is 1.78 bits per heavy atom. The lowest BCUT2D eigenvalue weighted by Crippen LogP contribution is -2.19. The molecule has 7 nitrogen and oxygen atoms in total. The van der Waals surface area contributed by atoms with Crippen molar-refractivity contribution in [2.24, 2.45) is 5.10 Å². The number of carbonyl (C=O) groups is 1. The number of rotatable bonds is 6. The highest BCUT2D eigenvalue weighted by molar-refractivity contribution is 7.92. The van der Waals surface area contributed by atoms with E-state index in [1.165, 1.54) is 24.3 Å². The van der Waals surface area contributed by atoms with Crippen LogP contribution < -0.4 is 10.1 Å². The molecular formula is C23H19ClN4O3S. The molecule has 0 radical (unpaired) electrons. The van der Waals surface area contributed by atoms with Crippen molar-refractivity contribution < 1.29 is 13.2 Å². The van der Waals surface area contributed by atoms with Crippen molar-refractivity contribution in [1.82, 2.24) is 10.4 Å². The Bertz CT molecular complexity index is 1440. The maximum atomic E-state index is 12.7. The Labute approximate surface area is 190 Å². The van der Waals surface area contributed by atoms with E-state index >= 15 is 0 Å². The highest BCUT2D eigenvalue weighted by Crippen LogP contribution is 2.24. The van der Waals surface area contributed by atoms with E-state index in [0.29, 0.717) is 0 Å². The van der Waals surface area contributed by atoms with Crippen LogP contribution in [0.2, 0.25) is 5.02 Å². The fourth-order valence-electron chi connectivity index (χ4n) is 3.24. The Hall–Kier alpha value is -3.62. The molecule has 1 aromatic heterocycles. The Morgan fingerprint density at radius 3 is 2.59 bits per heavy atom. The number of halogens is 1. The molecule has 0 aliphatic heterocycles. The smallest absolute Gasteiger partial charge is 0.271 e. The van der Waals surface area contributed by atoms with Crippen molar-refractivity contribution in [2.45, 2.75) is 11.8 Å². The average molecular weight is 467 g/mol. The molecule has 1 heterocycles. The molecule has 9 heteroatoms. The molecule has 162 valence electrons. The third-order valence-corrected chi connectivity index (χ3v) is 6.52. The predicted octanol–water partition coefficient (Wildman–Crippen LogP) is 4.69. The number of hydrogen-bond donors (Lipinski definition) is 3. The van der Waals surface area contributed by atoms with E-state index in [-0.39, 0.29) is 21.2 Å². The van der Waals surface area contributed by atoms with E-state index in [9.17, 15) is 13.2 Å². The average Bonchev–Trinajstić information content (AvgIpc) is 3.10. The van der Waals surface area contributed by atoms with Gasteiger partial charge in [0.1, 0.15) is 0 Å². The first kappa shape index (κ1) is 21.6. The number of para-hydroxylation sites is 2. The van der Waals surface area contributed by atoms with Crippen LogP contribution in [0.5, 0.6) is 0 Å². The van der Waals surface area contributed by atoms with Gasteiger partial charge < -0.3 is 4.98 Å². The van der Waals surface area contributed by atoms with Gasteiger partial charge in [-0.1, -0.05) is 48.0 Å². The topological polar surface area (TPSA) is 103 Å². The summed E-state index contributed by atoms with van der Waals surface area (Å²) in [4.78, 5) is 15.7. The van der Waals surface area contributed by atoms with E-state index in [4.69, 9.17) is 11.6 Å². The fourth-order valence-corrected chi connectivity index (χ4v) is 4.60. The van der Waals surface area contributed by atoms with Gasteiger partial charge in [-0.05, 0) is 43.3 Å². The number of amides is 1. The number of aromatic nitrogens is 1. The van der Waals surface area contributed by atoms with Crippen LogP contribution in [0.15, 0.2) is 82.8 Å². The number of aryl methyl sites for hydroxylation is 1. The number of nitrogens with one attached hydrogen (secondary N) is 3. The van der Waals surface area contributed by atoms with Crippen LogP contribution in [0.25, 0.3) is 10.9 Å². The molecule has 0 aliphatic rings. The number of hydrogen-bond acceptors (Lipinski definition) is 4. The number of hydrazone groups is 1. The largest absolute Gasteiger partial charge is 0.358 e. The van der Waals surface area contributed by atoms with E-state index < -0.39 is 15.9 Å². The maximum Gasteiger partial charge on any atom is 0.271 e. The Morgan fingerprint density at radius 1 is 1.03 bits per heavy atom. The SMILES string of the molecule is Cc1[nH]c2ccccc2c1/C=N/NC(=O)c1cccc(S(=O)(=O)Nc2ccccc2Cl)c1. The number of sulfonamides is 1. The predicted molar refractivity (Wildman–Crippen MR) is 127 cm³/mol. The lowest BCUT2D eigenvalue weighted by atomic mass is 10.1. The molecular weight excluding hydrogens is 448 g/mol. The van der Waals surface area contributed by atoms with Crippen molar-refractivity contribution in [3.63, 3.8) is 0 Å². The first-order chi connectivity index (χ1) is 15.3. The summed E-state index contributed by atoms with van der Waals surface area (Å²) in [5.74, 6) is -0.534. The van der Waals surface area contributed by atoms with Crippen LogP contribution in [-0.2, 0) is 10.0 Å². The zero-order chi connectivity index (χ0) is 22.7. The molecule has 32 heavy (non-hydrogen) atoms. The second-order valence-electron chi connectivity index (χ2n) is 7.02. The van der Waals surface area contributed by atoms with Gasteiger partial charge in [0.05, 0.1) is 21.8 Å². The first-order valence-corrected chi connectivity index (χ1v) is 11.5. The summed E-state index contributed by atoms with van der Waals surface area (Å²) in [7, 11) is -3.93. The number of nitrogens with zero attached hydrogens (tertiary/aromatic N) is 1. The van der Waals surface area contributed by atoms with Gasteiger partial charge in [0.15, 0.2) is 0 Å². The van der Waals surface area contributed by atoms with Gasteiger partial charge in [-0.2, -0.15) is 5.10 Å². The second kappa shape index (κ2) is 8.86. The number of anilines is 1. The summed E-state index contributed by atoms with van der Waals surface area (Å²) < 4.78 is 27.9. The number of H-pyrrole nitrogens is 1. The highest BCUT2D eigenvalue weighted by Gasteiger charge is 2.17. The van der Waals surface area contributed by atoms with Crippen molar-refractivity contribution in [3.8, 4) is 0 Å². The van der Waals surface area contributed by atoms with E-state index in [0.717, 1.165) is 22.2 Å². The lowest BCUT2D eigenvalue weighted by Gasteiger charge is -2.10. The van der Waals surface area contributed by atoms with Gasteiger partial charge in [-0.15, -0.1) is 0 Å². The van der Waals surface area contributed by atoms with Crippen LogP contribution in [0.3, 0.4) is 0 Å². The number of fused-ring (bicyclic) bond motifs is 1. The third kappa shape index (κ3) is 4.51. The number of carbonyl (C=O) groups excluding carboxylic acids is 1. The van der Waals surface area contributed by atoms with Crippen molar-refractivity contribution in [1.29, 1.82) is 0 Å². The molecule has 0 atom stereocenters. The van der Waals surface area contributed by atoms with Gasteiger partial charge >= 0.3 is 0 Å². The standard InChI is InChI=1S/C23H19ClN4O3S/c1-15-19(18-9-2-4-11-21(18)26-15)14-25-27-23(29)16-7-6-8-17(13-16)32(30,31)28-22-12-5-3-10-20(22)24/h2-14,26,28H,1H3,(H,27,29)/b25-14+.